The quantitative estimate of drug-likeness (QED) is 0.265. The lowest BCUT2D eigenvalue weighted by molar-refractivity contribution is -0.139. The summed E-state index contributed by atoms with van der Waals surface area (Å²) in [5.74, 6) is -0.728. The van der Waals surface area contributed by atoms with Crippen molar-refractivity contribution >= 4 is 39.1 Å². The van der Waals surface area contributed by atoms with Gasteiger partial charge in [-0.15, -0.1) is 0 Å². The number of rotatable bonds is 13. The van der Waals surface area contributed by atoms with Crippen LogP contribution in [0.25, 0.3) is 0 Å². The van der Waals surface area contributed by atoms with Crippen molar-refractivity contribution in [3.05, 3.63) is 94.5 Å². The molecule has 1 N–H and O–H groups in total. The number of benzene rings is 3. The van der Waals surface area contributed by atoms with Gasteiger partial charge in [-0.3, -0.25) is 13.9 Å². The molecule has 9 heteroatoms. The van der Waals surface area contributed by atoms with Gasteiger partial charge in [-0.1, -0.05) is 79.5 Å². The molecule has 0 saturated heterocycles. The molecule has 0 bridgehead atoms. The molecule has 0 fully saturated rings. The van der Waals surface area contributed by atoms with Gasteiger partial charge in [-0.2, -0.15) is 0 Å². The monoisotopic (exact) mass is 597 g/mol. The number of amides is 2. The van der Waals surface area contributed by atoms with Gasteiger partial charge in [0.25, 0.3) is 10.0 Å². The van der Waals surface area contributed by atoms with Crippen LogP contribution in [0.3, 0.4) is 0 Å². The van der Waals surface area contributed by atoms with Crippen molar-refractivity contribution in [3.63, 3.8) is 0 Å². The zero-order chi connectivity index (χ0) is 30.2. The highest BCUT2D eigenvalue weighted by Crippen LogP contribution is 2.28. The van der Waals surface area contributed by atoms with Crippen molar-refractivity contribution in [2.45, 2.75) is 70.9 Å². The molecule has 41 heavy (non-hydrogen) atoms. The molecule has 2 amide bonds. The second kappa shape index (κ2) is 14.5. The summed E-state index contributed by atoms with van der Waals surface area (Å²) in [4.78, 5) is 29.0. The van der Waals surface area contributed by atoms with Crippen LogP contribution in [0.15, 0.2) is 77.7 Å². The van der Waals surface area contributed by atoms with Gasteiger partial charge in [0.1, 0.15) is 12.6 Å². The van der Waals surface area contributed by atoms with Crippen molar-refractivity contribution in [3.8, 4) is 0 Å². The Balaban J connectivity index is 2.03. The standard InChI is InChI=1S/C32H40ClN3O4S/c1-6-25(5)34-32(38)30(7-2)35(20-19-26-11-9-8-10-12-26)31(37)22-36(27-16-15-24(4)29(33)21-27)41(39,40)28-17-13-23(3)14-18-28/h8-18,21,25,30H,6-7,19-20,22H2,1-5H3,(H,34,38)/t25-,30-/m0/s1. The van der Waals surface area contributed by atoms with Gasteiger partial charge in [-0.05, 0) is 75.4 Å². The van der Waals surface area contributed by atoms with Crippen molar-refractivity contribution in [1.82, 2.24) is 10.2 Å². The maximum atomic E-state index is 14.1. The van der Waals surface area contributed by atoms with Gasteiger partial charge in [-0.25, -0.2) is 8.42 Å². The van der Waals surface area contributed by atoms with Crippen LogP contribution >= 0.6 is 11.6 Å². The van der Waals surface area contributed by atoms with Crippen LogP contribution in [-0.4, -0.2) is 50.3 Å². The van der Waals surface area contributed by atoms with Crippen LogP contribution in [-0.2, 0) is 26.0 Å². The summed E-state index contributed by atoms with van der Waals surface area (Å²) >= 11 is 6.40. The van der Waals surface area contributed by atoms with E-state index in [1.165, 1.54) is 17.0 Å². The summed E-state index contributed by atoms with van der Waals surface area (Å²) in [7, 11) is -4.15. The van der Waals surface area contributed by atoms with Crippen molar-refractivity contribution in [2.75, 3.05) is 17.4 Å². The lowest BCUT2D eigenvalue weighted by Gasteiger charge is -2.33. The zero-order valence-electron chi connectivity index (χ0n) is 24.4. The summed E-state index contributed by atoms with van der Waals surface area (Å²) in [6.45, 7) is 9.20. The molecule has 0 aliphatic rings. The van der Waals surface area contributed by atoms with E-state index >= 15 is 0 Å². The molecule has 0 spiro atoms. The van der Waals surface area contributed by atoms with Gasteiger partial charge >= 0.3 is 0 Å². The van der Waals surface area contributed by atoms with Crippen LogP contribution in [0.2, 0.25) is 5.02 Å². The van der Waals surface area contributed by atoms with E-state index in [1.807, 2.05) is 65.0 Å². The first-order valence-corrected chi connectivity index (χ1v) is 15.8. The van der Waals surface area contributed by atoms with Crippen LogP contribution in [0, 0.1) is 13.8 Å². The number of aryl methyl sites for hydroxylation is 2. The maximum absolute atomic E-state index is 14.1. The van der Waals surface area contributed by atoms with E-state index < -0.39 is 28.5 Å². The first-order chi connectivity index (χ1) is 19.5. The summed E-state index contributed by atoms with van der Waals surface area (Å²) in [6.07, 6.45) is 1.64. The number of anilines is 1. The zero-order valence-corrected chi connectivity index (χ0v) is 26.0. The molecule has 220 valence electrons. The highest BCUT2D eigenvalue weighted by molar-refractivity contribution is 7.92. The number of carbonyl (C=O) groups excluding carboxylic acids is 2. The Morgan fingerprint density at radius 3 is 2.17 bits per heavy atom. The Bertz CT molecular complexity index is 1430. The lowest BCUT2D eigenvalue weighted by atomic mass is 10.1. The Kier molecular flexibility index (Phi) is 11.4. The highest BCUT2D eigenvalue weighted by atomic mass is 35.5. The number of carbonyl (C=O) groups is 2. The summed E-state index contributed by atoms with van der Waals surface area (Å²) in [5.41, 5.74) is 2.98. The fourth-order valence-electron chi connectivity index (χ4n) is 4.44. The number of hydrogen-bond acceptors (Lipinski definition) is 4. The van der Waals surface area contributed by atoms with Gasteiger partial charge in [0, 0.05) is 17.6 Å². The average molecular weight is 598 g/mol. The van der Waals surface area contributed by atoms with Gasteiger partial charge in [0.2, 0.25) is 11.8 Å². The molecule has 3 aromatic rings. The van der Waals surface area contributed by atoms with E-state index in [9.17, 15) is 18.0 Å². The number of hydrogen-bond donors (Lipinski definition) is 1. The SMILES string of the molecule is CC[C@H](C)NC(=O)[C@H](CC)N(CCc1ccccc1)C(=O)CN(c1ccc(C)c(Cl)c1)S(=O)(=O)c1ccc(C)cc1. The number of sulfonamides is 1. The Hall–Kier alpha value is -3.36. The van der Waals surface area contributed by atoms with Crippen LogP contribution < -0.4 is 9.62 Å². The van der Waals surface area contributed by atoms with Crippen molar-refractivity contribution < 1.29 is 18.0 Å². The molecule has 0 unspecified atom stereocenters. The molecule has 0 radical (unpaired) electrons. The lowest BCUT2D eigenvalue weighted by Crippen LogP contribution is -2.54. The molecule has 0 aliphatic heterocycles. The summed E-state index contributed by atoms with van der Waals surface area (Å²) < 4.78 is 29.0. The predicted molar refractivity (Wildman–Crippen MR) is 166 cm³/mol. The van der Waals surface area contributed by atoms with Crippen LogP contribution in [0.5, 0.6) is 0 Å². The number of halogens is 1. The van der Waals surface area contributed by atoms with Gasteiger partial charge in [0.15, 0.2) is 0 Å². The minimum Gasteiger partial charge on any atom is -0.352 e. The number of nitrogens with one attached hydrogen (secondary N) is 1. The minimum atomic E-state index is -4.15. The Morgan fingerprint density at radius 2 is 1.59 bits per heavy atom. The summed E-state index contributed by atoms with van der Waals surface area (Å²) in [5, 5.41) is 3.38. The van der Waals surface area contributed by atoms with E-state index in [0.29, 0.717) is 17.9 Å². The van der Waals surface area contributed by atoms with E-state index in [1.54, 1.807) is 30.3 Å². The second-order valence-electron chi connectivity index (χ2n) is 10.3. The molecule has 7 nitrogen and oxygen atoms in total. The first kappa shape index (κ1) is 32.2. The number of nitrogens with zero attached hydrogens (tertiary/aromatic N) is 2. The first-order valence-electron chi connectivity index (χ1n) is 14.0. The van der Waals surface area contributed by atoms with E-state index in [0.717, 1.165) is 27.4 Å². The third-order valence-corrected chi connectivity index (χ3v) is 9.40. The molecular formula is C32H40ClN3O4S. The smallest absolute Gasteiger partial charge is 0.264 e. The van der Waals surface area contributed by atoms with Crippen molar-refractivity contribution in [2.24, 2.45) is 0 Å². The molecular weight excluding hydrogens is 558 g/mol. The van der Waals surface area contributed by atoms with E-state index in [2.05, 4.69) is 5.32 Å². The van der Waals surface area contributed by atoms with Crippen LogP contribution in [0.4, 0.5) is 5.69 Å². The second-order valence-corrected chi connectivity index (χ2v) is 12.6. The fourth-order valence-corrected chi connectivity index (χ4v) is 6.02. The molecule has 3 rings (SSSR count). The van der Waals surface area contributed by atoms with Crippen molar-refractivity contribution in [1.29, 1.82) is 0 Å². The van der Waals surface area contributed by atoms with Gasteiger partial charge in [0.05, 0.1) is 10.6 Å². The fraction of sp³-hybridized carbons (Fsp3) is 0.375. The largest absolute Gasteiger partial charge is 0.352 e. The molecule has 0 heterocycles. The normalized spacial score (nSPS) is 12.8. The van der Waals surface area contributed by atoms with E-state index in [-0.39, 0.29) is 29.1 Å². The summed E-state index contributed by atoms with van der Waals surface area (Å²) in [6, 6.07) is 20.3. The highest BCUT2D eigenvalue weighted by Gasteiger charge is 2.33. The van der Waals surface area contributed by atoms with E-state index in [4.69, 9.17) is 11.6 Å². The molecule has 0 saturated carbocycles. The molecule has 0 aliphatic carbocycles. The van der Waals surface area contributed by atoms with Gasteiger partial charge < -0.3 is 10.2 Å². The molecule has 2 atom stereocenters. The third-order valence-electron chi connectivity index (χ3n) is 7.20. The topological polar surface area (TPSA) is 86.8 Å². The minimum absolute atomic E-state index is 0.0595. The van der Waals surface area contributed by atoms with Crippen LogP contribution in [0.1, 0.15) is 50.3 Å². The third kappa shape index (κ3) is 8.33. The molecule has 0 aromatic heterocycles. The molecule has 3 aromatic carbocycles. The Labute approximate surface area is 249 Å². The predicted octanol–water partition coefficient (Wildman–Crippen LogP) is 5.92. The maximum Gasteiger partial charge on any atom is 0.264 e. The Morgan fingerprint density at radius 1 is 0.927 bits per heavy atom. The average Bonchev–Trinajstić information content (AvgIpc) is 2.95.